The molecule has 13 heavy (non-hydrogen) atoms. The second-order valence-corrected chi connectivity index (χ2v) is 3.23. The van der Waals surface area contributed by atoms with Crippen molar-refractivity contribution in [3.63, 3.8) is 0 Å². The van der Waals surface area contributed by atoms with Crippen LogP contribution >= 0.6 is 11.6 Å². The van der Waals surface area contributed by atoms with Gasteiger partial charge in [0, 0.05) is 0 Å². The first-order valence-electron chi connectivity index (χ1n) is 4.22. The Bertz CT molecular complexity index is 271. The summed E-state index contributed by atoms with van der Waals surface area (Å²) in [6, 6.07) is 0. The van der Waals surface area contributed by atoms with Crippen LogP contribution in [0.1, 0.15) is 12.8 Å². The normalized spacial score (nSPS) is 21.8. The average Bonchev–Trinajstić information content (AvgIpc) is 2.62. The molecule has 0 amide bonds. The van der Waals surface area contributed by atoms with Gasteiger partial charge in [-0.3, -0.25) is 5.32 Å². The van der Waals surface area contributed by atoms with E-state index < -0.39 is 0 Å². The molecule has 1 N–H and O–H groups in total. The fraction of sp³-hybridized carbons (Fsp3) is 0.500. The van der Waals surface area contributed by atoms with E-state index in [9.17, 15) is 0 Å². The first kappa shape index (κ1) is 8.72. The quantitative estimate of drug-likeness (QED) is 0.728. The highest BCUT2D eigenvalue weighted by Gasteiger charge is 2.15. The molecule has 1 aliphatic heterocycles. The summed E-state index contributed by atoms with van der Waals surface area (Å²) in [6.07, 6.45) is 5.44. The van der Waals surface area contributed by atoms with Gasteiger partial charge in [-0.15, -0.1) is 0 Å². The molecule has 1 aromatic rings. The van der Waals surface area contributed by atoms with Gasteiger partial charge in [0.1, 0.15) is 6.23 Å². The second kappa shape index (κ2) is 3.89. The Balaban J connectivity index is 1.97. The Morgan fingerprint density at radius 2 is 2.23 bits per heavy atom. The van der Waals surface area contributed by atoms with Crippen LogP contribution in [-0.4, -0.2) is 22.7 Å². The molecule has 0 saturated carbocycles. The number of nitrogens with zero attached hydrogens (tertiary/aromatic N) is 2. The summed E-state index contributed by atoms with van der Waals surface area (Å²) in [7, 11) is 0. The summed E-state index contributed by atoms with van der Waals surface area (Å²) in [5.41, 5.74) is 0. The van der Waals surface area contributed by atoms with Gasteiger partial charge in [-0.1, -0.05) is 0 Å². The number of nitrogens with one attached hydrogen (secondary N) is 1. The maximum atomic E-state index is 5.54. The largest absolute Gasteiger partial charge is 0.472 e. The molecule has 0 radical (unpaired) electrons. The number of aromatic nitrogens is 2. The molecule has 0 bridgehead atoms. The first-order chi connectivity index (χ1) is 6.34. The molecule has 1 aromatic heterocycles. The Labute approximate surface area is 81.3 Å². The molecular weight excluding hydrogens is 190 g/mol. The summed E-state index contributed by atoms with van der Waals surface area (Å²) < 4.78 is 5.54. The van der Waals surface area contributed by atoms with Crippen molar-refractivity contribution in [2.45, 2.75) is 19.1 Å². The zero-order chi connectivity index (χ0) is 9.10. The Hall–Kier alpha value is -0.870. The molecule has 1 unspecified atom stereocenters. The maximum Gasteiger partial charge on any atom is 0.222 e. The first-order valence-corrected chi connectivity index (χ1v) is 4.60. The van der Waals surface area contributed by atoms with Crippen LogP contribution in [0.5, 0.6) is 5.75 Å². The van der Waals surface area contributed by atoms with Gasteiger partial charge in [-0.05, 0) is 31.0 Å². The third kappa shape index (κ3) is 2.29. The molecule has 70 valence electrons. The lowest BCUT2D eigenvalue weighted by atomic mass is 10.4. The summed E-state index contributed by atoms with van der Waals surface area (Å²) in [6.45, 7) is 1.01. The fourth-order valence-electron chi connectivity index (χ4n) is 1.28. The third-order valence-corrected chi connectivity index (χ3v) is 2.09. The van der Waals surface area contributed by atoms with Gasteiger partial charge in [-0.25, -0.2) is 9.97 Å². The van der Waals surface area contributed by atoms with E-state index in [0.29, 0.717) is 5.75 Å². The van der Waals surface area contributed by atoms with E-state index in [4.69, 9.17) is 16.3 Å². The van der Waals surface area contributed by atoms with Gasteiger partial charge >= 0.3 is 0 Å². The van der Waals surface area contributed by atoms with Crippen molar-refractivity contribution < 1.29 is 4.74 Å². The van der Waals surface area contributed by atoms with Crippen molar-refractivity contribution in [3.05, 3.63) is 17.7 Å². The molecule has 1 saturated heterocycles. The molecular formula is C8H10ClN3O. The van der Waals surface area contributed by atoms with Gasteiger partial charge in [0.05, 0.1) is 12.4 Å². The number of hydrogen-bond acceptors (Lipinski definition) is 4. The molecule has 0 spiro atoms. The molecule has 4 nitrogen and oxygen atoms in total. The van der Waals surface area contributed by atoms with Gasteiger partial charge in [0.15, 0.2) is 5.75 Å². The molecule has 1 fully saturated rings. The number of rotatable bonds is 2. The van der Waals surface area contributed by atoms with Crippen molar-refractivity contribution in [3.8, 4) is 5.75 Å². The summed E-state index contributed by atoms with van der Waals surface area (Å²) in [5.74, 6) is 0.656. The topological polar surface area (TPSA) is 47.0 Å². The van der Waals surface area contributed by atoms with E-state index >= 15 is 0 Å². The number of hydrogen-bond donors (Lipinski definition) is 1. The molecule has 0 aromatic carbocycles. The van der Waals surface area contributed by atoms with E-state index in [0.717, 1.165) is 19.4 Å². The standard InChI is InChI=1S/C8H10ClN3O/c9-8-11-4-6(5-12-8)13-7-2-1-3-10-7/h4-5,7,10H,1-3H2. The van der Waals surface area contributed by atoms with Crippen LogP contribution in [0.15, 0.2) is 12.4 Å². The van der Waals surface area contributed by atoms with Crippen LogP contribution in [0.3, 0.4) is 0 Å². The zero-order valence-electron chi connectivity index (χ0n) is 7.03. The van der Waals surface area contributed by atoms with Crippen molar-refractivity contribution in [1.82, 2.24) is 15.3 Å². The minimum Gasteiger partial charge on any atom is -0.472 e. The predicted molar refractivity (Wildman–Crippen MR) is 48.7 cm³/mol. The Kier molecular flexibility index (Phi) is 2.61. The second-order valence-electron chi connectivity index (χ2n) is 2.89. The number of ether oxygens (including phenoxy) is 1. The minimum absolute atomic E-state index is 0.102. The molecule has 5 heteroatoms. The summed E-state index contributed by atoms with van der Waals surface area (Å²) in [5, 5.41) is 3.45. The van der Waals surface area contributed by atoms with E-state index in [1.165, 1.54) is 0 Å². The van der Waals surface area contributed by atoms with Gasteiger partial charge in [0.2, 0.25) is 5.28 Å². The van der Waals surface area contributed by atoms with Gasteiger partial charge in [0.25, 0.3) is 0 Å². The van der Waals surface area contributed by atoms with Crippen LogP contribution < -0.4 is 10.1 Å². The highest BCUT2D eigenvalue weighted by atomic mass is 35.5. The van der Waals surface area contributed by atoms with Gasteiger partial charge < -0.3 is 4.74 Å². The highest BCUT2D eigenvalue weighted by Crippen LogP contribution is 2.14. The van der Waals surface area contributed by atoms with Crippen molar-refractivity contribution >= 4 is 11.6 Å². The Morgan fingerprint density at radius 3 is 2.85 bits per heavy atom. The summed E-state index contributed by atoms with van der Waals surface area (Å²) in [4.78, 5) is 7.65. The fourth-order valence-corrected chi connectivity index (χ4v) is 1.38. The van der Waals surface area contributed by atoms with Crippen LogP contribution in [0.4, 0.5) is 0 Å². The highest BCUT2D eigenvalue weighted by molar-refractivity contribution is 6.28. The molecule has 2 heterocycles. The van der Waals surface area contributed by atoms with Crippen molar-refractivity contribution in [1.29, 1.82) is 0 Å². The third-order valence-electron chi connectivity index (χ3n) is 1.89. The van der Waals surface area contributed by atoms with Crippen LogP contribution in [0, 0.1) is 0 Å². The number of halogens is 1. The molecule has 2 rings (SSSR count). The van der Waals surface area contributed by atoms with Crippen molar-refractivity contribution in [2.75, 3.05) is 6.54 Å². The SMILES string of the molecule is Clc1ncc(OC2CCCN2)cn1. The van der Waals surface area contributed by atoms with E-state index in [1.54, 1.807) is 12.4 Å². The molecule has 1 aliphatic rings. The minimum atomic E-state index is 0.102. The smallest absolute Gasteiger partial charge is 0.222 e. The Morgan fingerprint density at radius 1 is 1.46 bits per heavy atom. The van der Waals surface area contributed by atoms with Crippen LogP contribution in [-0.2, 0) is 0 Å². The van der Waals surface area contributed by atoms with E-state index in [-0.39, 0.29) is 11.5 Å². The lowest BCUT2D eigenvalue weighted by Gasteiger charge is -2.12. The van der Waals surface area contributed by atoms with E-state index in [1.807, 2.05) is 0 Å². The molecule has 0 aliphatic carbocycles. The maximum absolute atomic E-state index is 5.54. The zero-order valence-corrected chi connectivity index (χ0v) is 7.79. The monoisotopic (exact) mass is 199 g/mol. The summed E-state index contributed by atoms with van der Waals surface area (Å²) >= 11 is 5.53. The van der Waals surface area contributed by atoms with E-state index in [2.05, 4.69) is 15.3 Å². The van der Waals surface area contributed by atoms with Crippen molar-refractivity contribution in [2.24, 2.45) is 0 Å². The average molecular weight is 200 g/mol. The van der Waals surface area contributed by atoms with Gasteiger partial charge in [-0.2, -0.15) is 0 Å². The lowest BCUT2D eigenvalue weighted by Crippen LogP contribution is -2.27. The van der Waals surface area contributed by atoms with Crippen LogP contribution in [0.2, 0.25) is 5.28 Å². The van der Waals surface area contributed by atoms with Crippen LogP contribution in [0.25, 0.3) is 0 Å². The molecule has 1 atom stereocenters. The predicted octanol–water partition coefficient (Wildman–Crippen LogP) is 1.22. The lowest BCUT2D eigenvalue weighted by molar-refractivity contribution is 0.186.